The number of hydrogen-bond acceptors (Lipinski definition) is 4. The second-order valence-corrected chi connectivity index (χ2v) is 5.14. The van der Waals surface area contributed by atoms with Crippen molar-refractivity contribution in [3.8, 4) is 11.3 Å². The Balaban J connectivity index is 1.75. The van der Waals surface area contributed by atoms with E-state index in [4.69, 9.17) is 4.42 Å². The van der Waals surface area contributed by atoms with Crippen LogP contribution in [0.5, 0.6) is 0 Å². The third-order valence-electron chi connectivity index (χ3n) is 3.58. The number of carbonyl (C=O) groups is 1. The molecule has 112 valence electrons. The van der Waals surface area contributed by atoms with E-state index >= 15 is 0 Å². The van der Waals surface area contributed by atoms with E-state index in [2.05, 4.69) is 9.97 Å². The van der Waals surface area contributed by atoms with Gasteiger partial charge >= 0.3 is 0 Å². The van der Waals surface area contributed by atoms with Crippen LogP contribution in [0.25, 0.3) is 17.0 Å². The number of hydrogen-bond donors (Lipinski definition) is 0. The van der Waals surface area contributed by atoms with Crippen molar-refractivity contribution in [3.63, 3.8) is 0 Å². The average Bonchev–Trinajstić information content (AvgIpc) is 3.12. The van der Waals surface area contributed by atoms with Crippen molar-refractivity contribution in [3.05, 3.63) is 42.8 Å². The van der Waals surface area contributed by atoms with E-state index in [1.807, 2.05) is 0 Å². The molecule has 0 aromatic carbocycles. The molecule has 1 fully saturated rings. The minimum Gasteiger partial charge on any atom is -0.443 e. The van der Waals surface area contributed by atoms with Crippen molar-refractivity contribution >= 4 is 11.6 Å². The lowest BCUT2D eigenvalue weighted by molar-refractivity contribution is -0.113. The number of fused-ring (bicyclic) bond motifs is 1. The number of likely N-dealkylation sites (tertiary alicyclic amines) is 1. The Morgan fingerprint density at radius 1 is 1.32 bits per heavy atom. The molecule has 0 bridgehead atoms. The number of pyridine rings is 1. The van der Waals surface area contributed by atoms with Gasteiger partial charge in [-0.1, -0.05) is 0 Å². The highest BCUT2D eigenvalue weighted by Gasteiger charge is 2.46. The van der Waals surface area contributed by atoms with Crippen LogP contribution >= 0.6 is 0 Å². The monoisotopic (exact) mass is 304 g/mol. The zero-order valence-electron chi connectivity index (χ0n) is 11.2. The minimum atomic E-state index is -2.79. The van der Waals surface area contributed by atoms with Gasteiger partial charge < -0.3 is 9.32 Å². The first-order valence-corrected chi connectivity index (χ1v) is 6.57. The maximum atomic E-state index is 12.9. The lowest BCUT2D eigenvalue weighted by Gasteiger charge is -2.38. The van der Waals surface area contributed by atoms with Gasteiger partial charge in [0.2, 0.25) is 0 Å². The van der Waals surface area contributed by atoms with E-state index in [-0.39, 0.29) is 5.69 Å². The number of amides is 1. The molecule has 1 aliphatic heterocycles. The molecule has 22 heavy (non-hydrogen) atoms. The summed E-state index contributed by atoms with van der Waals surface area (Å²) in [5.41, 5.74) is 1.43. The molecule has 0 radical (unpaired) electrons. The van der Waals surface area contributed by atoms with Crippen LogP contribution in [-0.4, -0.2) is 44.2 Å². The lowest BCUT2D eigenvalue weighted by atomic mass is 10.1. The predicted molar refractivity (Wildman–Crippen MR) is 71.5 cm³/mol. The number of imidazole rings is 1. The van der Waals surface area contributed by atoms with Crippen LogP contribution in [0.3, 0.4) is 0 Å². The van der Waals surface area contributed by atoms with Gasteiger partial charge in [-0.05, 0) is 12.1 Å². The molecule has 0 N–H and O–H groups in total. The normalized spacial score (nSPS) is 16.7. The molecule has 0 saturated carbocycles. The lowest BCUT2D eigenvalue weighted by Crippen LogP contribution is -2.58. The van der Waals surface area contributed by atoms with Crippen molar-refractivity contribution in [2.45, 2.75) is 5.92 Å². The van der Waals surface area contributed by atoms with E-state index in [9.17, 15) is 13.6 Å². The van der Waals surface area contributed by atoms with Gasteiger partial charge in [0.05, 0.1) is 31.0 Å². The van der Waals surface area contributed by atoms with Crippen LogP contribution in [0, 0.1) is 0 Å². The van der Waals surface area contributed by atoms with E-state index in [1.54, 1.807) is 28.9 Å². The van der Waals surface area contributed by atoms with Gasteiger partial charge in [0.1, 0.15) is 11.3 Å². The van der Waals surface area contributed by atoms with E-state index in [0.717, 1.165) is 4.90 Å². The molecule has 1 aliphatic rings. The maximum absolute atomic E-state index is 12.9. The highest BCUT2D eigenvalue weighted by molar-refractivity contribution is 5.94. The van der Waals surface area contributed by atoms with Gasteiger partial charge in [-0.15, -0.1) is 0 Å². The summed E-state index contributed by atoms with van der Waals surface area (Å²) >= 11 is 0. The summed E-state index contributed by atoms with van der Waals surface area (Å²) in [5.74, 6) is -2.74. The molecule has 3 aromatic heterocycles. The number of nitrogens with zero attached hydrogens (tertiary/aromatic N) is 4. The largest absolute Gasteiger partial charge is 0.443 e. The first-order valence-electron chi connectivity index (χ1n) is 6.57. The van der Waals surface area contributed by atoms with Gasteiger partial charge in [0.25, 0.3) is 11.8 Å². The Kier molecular flexibility index (Phi) is 2.56. The standard InChI is InChI=1S/C14H10F2N4O2/c15-14(16)6-19(7-14)13(21)10-4-18-12-9(2-1-3-20(10)12)11-5-17-8-22-11/h1-5,8H,6-7H2. The maximum Gasteiger partial charge on any atom is 0.282 e. The smallest absolute Gasteiger partial charge is 0.282 e. The fourth-order valence-corrected chi connectivity index (χ4v) is 2.53. The summed E-state index contributed by atoms with van der Waals surface area (Å²) in [5, 5.41) is 0. The van der Waals surface area contributed by atoms with Gasteiger partial charge in [-0.3, -0.25) is 9.20 Å². The highest BCUT2D eigenvalue weighted by atomic mass is 19.3. The van der Waals surface area contributed by atoms with Crippen molar-refractivity contribution in [1.29, 1.82) is 0 Å². The van der Waals surface area contributed by atoms with Crippen LogP contribution in [0.2, 0.25) is 0 Å². The van der Waals surface area contributed by atoms with Crippen LogP contribution in [0.15, 0.2) is 41.5 Å². The second-order valence-electron chi connectivity index (χ2n) is 5.14. The van der Waals surface area contributed by atoms with Crippen molar-refractivity contribution < 1.29 is 18.0 Å². The summed E-state index contributed by atoms with van der Waals surface area (Å²) in [6.45, 7) is -1.11. The average molecular weight is 304 g/mol. The molecule has 0 aliphatic carbocycles. The highest BCUT2D eigenvalue weighted by Crippen LogP contribution is 2.29. The van der Waals surface area contributed by atoms with Gasteiger partial charge in [0.15, 0.2) is 12.2 Å². The van der Waals surface area contributed by atoms with Gasteiger partial charge in [-0.25, -0.2) is 18.7 Å². The molecule has 1 saturated heterocycles. The number of rotatable bonds is 2. The van der Waals surface area contributed by atoms with E-state index in [1.165, 1.54) is 12.6 Å². The molecule has 0 unspecified atom stereocenters. The first-order chi connectivity index (χ1) is 10.6. The molecule has 8 heteroatoms. The zero-order valence-corrected chi connectivity index (χ0v) is 11.2. The summed E-state index contributed by atoms with van der Waals surface area (Å²) in [6, 6.07) is 3.52. The summed E-state index contributed by atoms with van der Waals surface area (Å²) in [6.07, 6.45) is 5.89. The molecule has 1 amide bonds. The summed E-state index contributed by atoms with van der Waals surface area (Å²) < 4.78 is 32.6. The van der Waals surface area contributed by atoms with Gasteiger partial charge in [-0.2, -0.15) is 0 Å². The third-order valence-corrected chi connectivity index (χ3v) is 3.58. The van der Waals surface area contributed by atoms with E-state index < -0.39 is 24.9 Å². The topological polar surface area (TPSA) is 63.6 Å². The summed E-state index contributed by atoms with van der Waals surface area (Å²) in [4.78, 5) is 21.5. The Bertz CT molecular complexity index is 849. The minimum absolute atomic E-state index is 0.242. The van der Waals surface area contributed by atoms with Gasteiger partial charge in [0, 0.05) is 6.20 Å². The van der Waals surface area contributed by atoms with Crippen LogP contribution in [0.1, 0.15) is 10.5 Å². The molecule has 4 rings (SSSR count). The molecule has 3 aromatic rings. The Morgan fingerprint density at radius 3 is 2.82 bits per heavy atom. The van der Waals surface area contributed by atoms with Crippen molar-refractivity contribution in [2.24, 2.45) is 0 Å². The number of oxazole rings is 1. The Hall–Kier alpha value is -2.77. The molecule has 4 heterocycles. The Morgan fingerprint density at radius 2 is 2.14 bits per heavy atom. The van der Waals surface area contributed by atoms with Crippen molar-refractivity contribution in [1.82, 2.24) is 19.3 Å². The SMILES string of the molecule is O=C(c1cnc2c(-c3cnco3)cccn12)N1CC(F)(F)C1. The first kappa shape index (κ1) is 12.9. The van der Waals surface area contributed by atoms with Crippen LogP contribution < -0.4 is 0 Å². The summed E-state index contributed by atoms with van der Waals surface area (Å²) in [7, 11) is 0. The Labute approximate surface area is 123 Å². The molecule has 6 nitrogen and oxygen atoms in total. The van der Waals surface area contributed by atoms with Crippen molar-refractivity contribution in [2.75, 3.05) is 13.1 Å². The molecular formula is C14H10F2N4O2. The quantitative estimate of drug-likeness (QED) is 0.727. The predicted octanol–water partition coefficient (Wildman–Crippen LogP) is 2.08. The molecule has 0 spiro atoms. The number of alkyl halides is 2. The molecular weight excluding hydrogens is 294 g/mol. The fraction of sp³-hybridized carbons (Fsp3) is 0.214. The van der Waals surface area contributed by atoms with Crippen LogP contribution in [-0.2, 0) is 0 Å². The van der Waals surface area contributed by atoms with E-state index in [0.29, 0.717) is 17.0 Å². The fourth-order valence-electron chi connectivity index (χ4n) is 2.53. The second kappa shape index (κ2) is 4.36. The third kappa shape index (κ3) is 1.87. The number of halogens is 2. The molecule has 0 atom stereocenters. The zero-order chi connectivity index (χ0) is 15.3. The number of carbonyl (C=O) groups excluding carboxylic acids is 1. The number of aromatic nitrogens is 3. The van der Waals surface area contributed by atoms with Crippen LogP contribution in [0.4, 0.5) is 8.78 Å².